The molecule has 0 fully saturated rings. The lowest BCUT2D eigenvalue weighted by molar-refractivity contribution is 0.395. The lowest BCUT2D eigenvalue weighted by Gasteiger charge is -2.08. The lowest BCUT2D eigenvalue weighted by Crippen LogP contribution is -1.96. The van der Waals surface area contributed by atoms with Gasteiger partial charge in [-0.1, -0.05) is 13.3 Å². The number of thiazole rings is 1. The van der Waals surface area contributed by atoms with E-state index in [2.05, 4.69) is 22.4 Å². The Morgan fingerprint density at radius 2 is 2.14 bits per heavy atom. The van der Waals surface area contributed by atoms with E-state index in [0.717, 1.165) is 46.4 Å². The SMILES string of the molecule is CCC/C(C)=N/Nc1nc(-c2ccc(OC)cc2OC)cs1. The highest BCUT2D eigenvalue weighted by atomic mass is 32.1. The molecule has 1 N–H and O–H groups in total. The van der Waals surface area contributed by atoms with Crippen molar-refractivity contribution >= 4 is 22.2 Å². The van der Waals surface area contributed by atoms with Crippen molar-refractivity contribution in [2.24, 2.45) is 5.10 Å². The fourth-order valence-corrected chi connectivity index (χ4v) is 2.67. The van der Waals surface area contributed by atoms with Gasteiger partial charge in [0.05, 0.1) is 19.9 Å². The van der Waals surface area contributed by atoms with Gasteiger partial charge in [0.25, 0.3) is 0 Å². The minimum Gasteiger partial charge on any atom is -0.497 e. The molecule has 0 unspecified atom stereocenters. The highest BCUT2D eigenvalue weighted by Gasteiger charge is 2.11. The summed E-state index contributed by atoms with van der Waals surface area (Å²) in [4.78, 5) is 4.56. The molecule has 22 heavy (non-hydrogen) atoms. The molecule has 2 rings (SSSR count). The van der Waals surface area contributed by atoms with Crippen LogP contribution in [0.3, 0.4) is 0 Å². The van der Waals surface area contributed by atoms with Crippen molar-refractivity contribution in [3.05, 3.63) is 23.6 Å². The van der Waals surface area contributed by atoms with Crippen molar-refractivity contribution in [3.8, 4) is 22.8 Å². The molecular formula is C16H21N3O2S. The van der Waals surface area contributed by atoms with Crippen LogP contribution in [0.15, 0.2) is 28.7 Å². The van der Waals surface area contributed by atoms with Gasteiger partial charge in [0.15, 0.2) is 0 Å². The summed E-state index contributed by atoms with van der Waals surface area (Å²) in [6, 6.07) is 5.70. The predicted octanol–water partition coefficient (Wildman–Crippen LogP) is 4.42. The molecule has 118 valence electrons. The second-order valence-electron chi connectivity index (χ2n) is 4.81. The Morgan fingerprint density at radius 3 is 2.82 bits per heavy atom. The van der Waals surface area contributed by atoms with Crippen LogP contribution in [0, 0.1) is 0 Å². The maximum Gasteiger partial charge on any atom is 0.203 e. The Labute approximate surface area is 135 Å². The average Bonchev–Trinajstić information content (AvgIpc) is 3.01. The van der Waals surface area contributed by atoms with Crippen LogP contribution in [0.4, 0.5) is 5.13 Å². The maximum absolute atomic E-state index is 5.42. The molecule has 0 aliphatic carbocycles. The van der Waals surface area contributed by atoms with E-state index in [1.807, 2.05) is 30.5 Å². The molecule has 5 nitrogen and oxygen atoms in total. The van der Waals surface area contributed by atoms with Crippen molar-refractivity contribution in [2.45, 2.75) is 26.7 Å². The number of hydrazone groups is 1. The third kappa shape index (κ3) is 3.98. The van der Waals surface area contributed by atoms with Gasteiger partial charge >= 0.3 is 0 Å². The van der Waals surface area contributed by atoms with Gasteiger partial charge in [0.1, 0.15) is 11.5 Å². The third-order valence-corrected chi connectivity index (χ3v) is 3.89. The lowest BCUT2D eigenvalue weighted by atomic mass is 10.1. The van der Waals surface area contributed by atoms with Gasteiger partial charge in [-0.3, -0.25) is 5.43 Å². The smallest absolute Gasteiger partial charge is 0.203 e. The van der Waals surface area contributed by atoms with Gasteiger partial charge in [-0.2, -0.15) is 5.10 Å². The molecule has 0 amide bonds. The summed E-state index contributed by atoms with van der Waals surface area (Å²) in [7, 11) is 3.28. The normalized spacial score (nSPS) is 11.4. The van der Waals surface area contributed by atoms with Crippen molar-refractivity contribution < 1.29 is 9.47 Å². The predicted molar refractivity (Wildman–Crippen MR) is 92.3 cm³/mol. The molecule has 0 saturated carbocycles. The van der Waals surface area contributed by atoms with E-state index in [4.69, 9.17) is 9.47 Å². The standard InChI is InChI=1S/C16H21N3O2S/c1-5-6-11(2)18-19-16-17-14(10-22-16)13-8-7-12(20-3)9-15(13)21-4/h7-10H,5-6H2,1-4H3,(H,17,19)/b18-11+. The number of nitrogens with one attached hydrogen (secondary N) is 1. The third-order valence-electron chi connectivity index (χ3n) is 3.14. The number of ether oxygens (including phenoxy) is 2. The Kier molecular flexibility index (Phi) is 5.77. The molecule has 1 heterocycles. The first-order valence-corrected chi connectivity index (χ1v) is 8.03. The first-order chi connectivity index (χ1) is 10.7. The Bertz CT molecular complexity index is 653. The van der Waals surface area contributed by atoms with Crippen molar-refractivity contribution in [1.29, 1.82) is 0 Å². The van der Waals surface area contributed by atoms with E-state index in [9.17, 15) is 0 Å². The Balaban J connectivity index is 2.19. The molecule has 1 aromatic carbocycles. The Morgan fingerprint density at radius 1 is 1.32 bits per heavy atom. The van der Waals surface area contributed by atoms with E-state index < -0.39 is 0 Å². The van der Waals surface area contributed by atoms with E-state index in [-0.39, 0.29) is 0 Å². The average molecular weight is 319 g/mol. The summed E-state index contributed by atoms with van der Waals surface area (Å²) in [5, 5.41) is 7.07. The molecule has 0 spiro atoms. The number of rotatable bonds is 7. The van der Waals surface area contributed by atoms with E-state index in [1.54, 1.807) is 14.2 Å². The number of hydrogen-bond donors (Lipinski definition) is 1. The fourth-order valence-electron chi connectivity index (χ4n) is 2.02. The van der Waals surface area contributed by atoms with Crippen LogP contribution in [-0.4, -0.2) is 24.9 Å². The van der Waals surface area contributed by atoms with Crippen molar-refractivity contribution in [2.75, 3.05) is 19.6 Å². The highest BCUT2D eigenvalue weighted by molar-refractivity contribution is 7.14. The second-order valence-corrected chi connectivity index (χ2v) is 5.67. The largest absolute Gasteiger partial charge is 0.497 e. The number of nitrogens with zero attached hydrogens (tertiary/aromatic N) is 2. The van der Waals surface area contributed by atoms with Gasteiger partial charge in [-0.25, -0.2) is 4.98 Å². The van der Waals surface area contributed by atoms with Crippen LogP contribution < -0.4 is 14.9 Å². The molecule has 2 aromatic rings. The van der Waals surface area contributed by atoms with Crippen LogP contribution in [-0.2, 0) is 0 Å². The van der Waals surface area contributed by atoms with Crippen LogP contribution in [0.5, 0.6) is 11.5 Å². The minimum absolute atomic E-state index is 0.738. The molecule has 1 aromatic heterocycles. The van der Waals surface area contributed by atoms with Crippen LogP contribution in [0.1, 0.15) is 26.7 Å². The number of aromatic nitrogens is 1. The molecule has 0 aliphatic heterocycles. The summed E-state index contributed by atoms with van der Waals surface area (Å²) in [6.45, 7) is 4.15. The summed E-state index contributed by atoms with van der Waals surface area (Å²) >= 11 is 1.52. The summed E-state index contributed by atoms with van der Waals surface area (Å²) in [6.07, 6.45) is 2.07. The van der Waals surface area contributed by atoms with E-state index in [0.29, 0.717) is 0 Å². The molecule has 0 atom stereocenters. The van der Waals surface area contributed by atoms with Crippen molar-refractivity contribution in [1.82, 2.24) is 4.98 Å². The molecule has 0 aliphatic rings. The van der Waals surface area contributed by atoms with Gasteiger partial charge in [-0.15, -0.1) is 11.3 Å². The zero-order chi connectivity index (χ0) is 15.9. The molecule has 0 saturated heterocycles. The van der Waals surface area contributed by atoms with Gasteiger partial charge in [0, 0.05) is 22.7 Å². The summed E-state index contributed by atoms with van der Waals surface area (Å²) < 4.78 is 10.6. The van der Waals surface area contributed by atoms with E-state index >= 15 is 0 Å². The number of benzene rings is 1. The fraction of sp³-hybridized carbons (Fsp3) is 0.375. The van der Waals surface area contributed by atoms with Crippen LogP contribution in [0.25, 0.3) is 11.3 Å². The van der Waals surface area contributed by atoms with Crippen molar-refractivity contribution in [3.63, 3.8) is 0 Å². The molecule has 0 bridgehead atoms. The topological polar surface area (TPSA) is 55.7 Å². The maximum atomic E-state index is 5.42. The molecule has 0 radical (unpaired) electrons. The summed E-state index contributed by atoms with van der Waals surface area (Å²) in [5.41, 5.74) is 5.87. The summed E-state index contributed by atoms with van der Waals surface area (Å²) in [5.74, 6) is 1.50. The van der Waals surface area contributed by atoms with Gasteiger partial charge in [-0.05, 0) is 25.5 Å². The minimum atomic E-state index is 0.738. The van der Waals surface area contributed by atoms with E-state index in [1.165, 1.54) is 11.3 Å². The van der Waals surface area contributed by atoms with Gasteiger partial charge < -0.3 is 9.47 Å². The number of methoxy groups -OCH3 is 2. The zero-order valence-corrected chi connectivity index (χ0v) is 14.2. The first-order valence-electron chi connectivity index (χ1n) is 7.15. The quantitative estimate of drug-likeness (QED) is 0.606. The van der Waals surface area contributed by atoms with Crippen LogP contribution in [0.2, 0.25) is 0 Å². The Hall–Kier alpha value is -2.08. The second kappa shape index (κ2) is 7.79. The first kappa shape index (κ1) is 16.3. The monoisotopic (exact) mass is 319 g/mol. The van der Waals surface area contributed by atoms with Gasteiger partial charge in [0.2, 0.25) is 5.13 Å². The number of hydrogen-bond acceptors (Lipinski definition) is 6. The molecule has 6 heteroatoms. The molecular weight excluding hydrogens is 298 g/mol. The zero-order valence-electron chi connectivity index (χ0n) is 13.3. The number of anilines is 1. The highest BCUT2D eigenvalue weighted by Crippen LogP contribution is 2.34. The van der Waals surface area contributed by atoms with Crippen LogP contribution >= 0.6 is 11.3 Å².